The summed E-state index contributed by atoms with van der Waals surface area (Å²) >= 11 is 1.34. The Morgan fingerprint density at radius 3 is 2.52 bits per heavy atom. The number of hydrogen-bond acceptors (Lipinski definition) is 6. The zero-order valence-corrected chi connectivity index (χ0v) is 15.3. The number of carbonyl (C=O) groups is 3. The van der Waals surface area contributed by atoms with Crippen molar-refractivity contribution in [2.75, 3.05) is 17.2 Å². The number of benzene rings is 2. The second-order valence-electron chi connectivity index (χ2n) is 5.56. The van der Waals surface area contributed by atoms with Gasteiger partial charge in [-0.3, -0.25) is 14.9 Å². The number of carbonyl (C=O) groups excluding carboxylic acids is 3. The van der Waals surface area contributed by atoms with E-state index in [0.717, 1.165) is 10.2 Å². The largest absolute Gasteiger partial charge is 0.452 e. The monoisotopic (exact) mass is 383 g/mol. The minimum absolute atomic E-state index is 0.187. The summed E-state index contributed by atoms with van der Waals surface area (Å²) in [6.07, 6.45) is 0.286. The van der Waals surface area contributed by atoms with Crippen molar-refractivity contribution >= 4 is 50.2 Å². The van der Waals surface area contributed by atoms with Gasteiger partial charge in [-0.15, -0.1) is 0 Å². The summed E-state index contributed by atoms with van der Waals surface area (Å²) in [5.74, 6) is -1.40. The molecule has 0 atom stereocenters. The number of para-hydroxylation sites is 2. The number of nitrogens with one attached hydrogen (secondary N) is 2. The predicted molar refractivity (Wildman–Crippen MR) is 104 cm³/mol. The van der Waals surface area contributed by atoms with Gasteiger partial charge in [-0.1, -0.05) is 42.5 Å². The Morgan fingerprint density at radius 2 is 1.74 bits per heavy atom. The molecule has 7 nitrogen and oxygen atoms in total. The fourth-order valence-corrected chi connectivity index (χ4v) is 3.18. The molecule has 2 N–H and O–H groups in total. The van der Waals surface area contributed by atoms with Crippen LogP contribution in [0.4, 0.5) is 10.8 Å². The number of esters is 1. The van der Waals surface area contributed by atoms with Gasteiger partial charge in [-0.25, -0.2) is 9.78 Å². The first-order valence-electron chi connectivity index (χ1n) is 8.28. The summed E-state index contributed by atoms with van der Waals surface area (Å²) in [5.41, 5.74) is 1.32. The van der Waals surface area contributed by atoms with Crippen LogP contribution in [0.1, 0.15) is 23.7 Å². The Balaban J connectivity index is 1.60. The average molecular weight is 383 g/mol. The highest BCUT2D eigenvalue weighted by Crippen LogP contribution is 2.25. The number of rotatable bonds is 6. The molecule has 2 aromatic carbocycles. The van der Waals surface area contributed by atoms with Crippen molar-refractivity contribution in [3.63, 3.8) is 0 Å². The number of aromatic nitrogens is 1. The zero-order chi connectivity index (χ0) is 19.2. The Labute approximate surface area is 159 Å². The fraction of sp³-hybridized carbons (Fsp3) is 0.158. The van der Waals surface area contributed by atoms with E-state index in [9.17, 15) is 14.4 Å². The number of anilines is 2. The van der Waals surface area contributed by atoms with Gasteiger partial charge >= 0.3 is 5.97 Å². The van der Waals surface area contributed by atoms with Crippen LogP contribution in [-0.2, 0) is 14.3 Å². The van der Waals surface area contributed by atoms with Gasteiger partial charge in [0.2, 0.25) is 5.91 Å². The van der Waals surface area contributed by atoms with Crippen molar-refractivity contribution < 1.29 is 19.1 Å². The molecular weight excluding hydrogens is 366 g/mol. The number of ether oxygens (including phenoxy) is 1. The molecule has 0 bridgehead atoms. The first-order valence-corrected chi connectivity index (χ1v) is 9.10. The minimum Gasteiger partial charge on any atom is -0.452 e. The molecule has 1 aromatic heterocycles. The van der Waals surface area contributed by atoms with Crippen LogP contribution in [0.15, 0.2) is 48.5 Å². The molecule has 2 amide bonds. The standard InChI is InChI=1S/C19H17N3O4S/c1-2-16(23)20-13-8-4-3-7-12(13)18(25)26-11-17(24)22-19-21-14-9-5-6-10-15(14)27-19/h3-10H,2,11H2,1H3,(H,20,23)(H,21,22,24). The van der Waals surface area contributed by atoms with Crippen molar-refractivity contribution in [3.05, 3.63) is 54.1 Å². The number of hydrogen-bond donors (Lipinski definition) is 2. The summed E-state index contributed by atoms with van der Waals surface area (Å²) in [5, 5.41) is 5.69. The van der Waals surface area contributed by atoms with Crippen molar-refractivity contribution in [2.24, 2.45) is 0 Å². The van der Waals surface area contributed by atoms with Crippen LogP contribution in [0.5, 0.6) is 0 Å². The molecule has 0 saturated heterocycles. The van der Waals surface area contributed by atoms with Gasteiger partial charge in [0, 0.05) is 6.42 Å². The number of amides is 2. The van der Waals surface area contributed by atoms with E-state index < -0.39 is 18.5 Å². The molecule has 0 aliphatic carbocycles. The van der Waals surface area contributed by atoms with Gasteiger partial charge in [-0.2, -0.15) is 0 Å². The quantitative estimate of drug-likeness (QED) is 0.636. The molecule has 27 heavy (non-hydrogen) atoms. The van der Waals surface area contributed by atoms with Gasteiger partial charge in [-0.05, 0) is 24.3 Å². The van der Waals surface area contributed by atoms with Crippen molar-refractivity contribution in [2.45, 2.75) is 13.3 Å². The van der Waals surface area contributed by atoms with Gasteiger partial charge in [0.15, 0.2) is 11.7 Å². The van der Waals surface area contributed by atoms with Crippen molar-refractivity contribution in [1.82, 2.24) is 4.98 Å². The number of nitrogens with zero attached hydrogens (tertiary/aromatic N) is 1. The van der Waals surface area contributed by atoms with Crippen LogP contribution in [0.2, 0.25) is 0 Å². The lowest BCUT2D eigenvalue weighted by molar-refractivity contribution is -0.119. The summed E-state index contributed by atoms with van der Waals surface area (Å²) in [6, 6.07) is 14.0. The second-order valence-corrected chi connectivity index (χ2v) is 6.59. The van der Waals surface area contributed by atoms with Crippen LogP contribution in [-0.4, -0.2) is 29.4 Å². The molecule has 0 unspecified atom stereocenters. The van der Waals surface area contributed by atoms with Crippen LogP contribution in [0.25, 0.3) is 10.2 Å². The average Bonchev–Trinajstić information content (AvgIpc) is 3.08. The molecule has 0 saturated carbocycles. The second kappa shape index (κ2) is 8.41. The zero-order valence-electron chi connectivity index (χ0n) is 14.5. The lowest BCUT2D eigenvalue weighted by atomic mass is 10.1. The topological polar surface area (TPSA) is 97.4 Å². The predicted octanol–water partition coefficient (Wildman–Crippen LogP) is 3.44. The van der Waals surface area contributed by atoms with Crippen LogP contribution in [0, 0.1) is 0 Å². The molecule has 8 heteroatoms. The van der Waals surface area contributed by atoms with Gasteiger partial charge in [0.1, 0.15) is 0 Å². The summed E-state index contributed by atoms with van der Waals surface area (Å²) in [6.45, 7) is 1.26. The molecular formula is C19H17N3O4S. The molecule has 0 fully saturated rings. The number of fused-ring (bicyclic) bond motifs is 1. The Morgan fingerprint density at radius 1 is 1.00 bits per heavy atom. The third-order valence-electron chi connectivity index (χ3n) is 3.62. The third kappa shape index (κ3) is 4.68. The first kappa shape index (κ1) is 18.5. The van der Waals surface area contributed by atoms with Crippen molar-refractivity contribution in [3.8, 4) is 0 Å². The lowest BCUT2D eigenvalue weighted by Crippen LogP contribution is -2.21. The van der Waals surface area contributed by atoms with E-state index in [2.05, 4.69) is 15.6 Å². The molecule has 0 aliphatic heterocycles. The maximum absolute atomic E-state index is 12.3. The van der Waals surface area contributed by atoms with Crippen LogP contribution in [0.3, 0.4) is 0 Å². The molecule has 0 aliphatic rings. The summed E-state index contributed by atoms with van der Waals surface area (Å²) < 4.78 is 6.02. The van der Waals surface area contributed by atoms with Crippen molar-refractivity contribution in [1.29, 1.82) is 0 Å². The minimum atomic E-state index is -0.693. The molecule has 3 aromatic rings. The number of thiazole rings is 1. The van der Waals surface area contributed by atoms with E-state index in [4.69, 9.17) is 4.74 Å². The van der Waals surface area contributed by atoms with E-state index in [1.807, 2.05) is 24.3 Å². The SMILES string of the molecule is CCC(=O)Nc1ccccc1C(=O)OCC(=O)Nc1nc2ccccc2s1. The van der Waals surface area contributed by atoms with Gasteiger partial charge in [0.25, 0.3) is 5.91 Å². The Hall–Kier alpha value is -3.26. The van der Waals surface area contributed by atoms with Crippen LogP contribution >= 0.6 is 11.3 Å². The lowest BCUT2D eigenvalue weighted by Gasteiger charge is -2.10. The fourth-order valence-electron chi connectivity index (χ4n) is 2.30. The summed E-state index contributed by atoms with van der Waals surface area (Å²) in [7, 11) is 0. The highest BCUT2D eigenvalue weighted by molar-refractivity contribution is 7.22. The van der Waals surface area contributed by atoms with Gasteiger partial charge in [0.05, 0.1) is 21.5 Å². The maximum Gasteiger partial charge on any atom is 0.340 e. The smallest absolute Gasteiger partial charge is 0.340 e. The van der Waals surface area contributed by atoms with E-state index in [1.54, 1.807) is 25.1 Å². The highest BCUT2D eigenvalue weighted by atomic mass is 32.1. The summed E-state index contributed by atoms with van der Waals surface area (Å²) in [4.78, 5) is 40.2. The third-order valence-corrected chi connectivity index (χ3v) is 4.57. The molecule has 3 rings (SSSR count). The molecule has 138 valence electrons. The molecule has 1 heterocycles. The first-order chi connectivity index (χ1) is 13.1. The molecule has 0 spiro atoms. The van der Waals surface area contributed by atoms with E-state index in [1.165, 1.54) is 17.4 Å². The molecule has 0 radical (unpaired) electrons. The Bertz CT molecular complexity index is 966. The maximum atomic E-state index is 12.3. The van der Waals surface area contributed by atoms with E-state index in [-0.39, 0.29) is 17.9 Å². The van der Waals surface area contributed by atoms with E-state index >= 15 is 0 Å². The normalized spacial score (nSPS) is 10.4. The van der Waals surface area contributed by atoms with Crippen LogP contribution < -0.4 is 10.6 Å². The highest BCUT2D eigenvalue weighted by Gasteiger charge is 2.16. The van der Waals surface area contributed by atoms with E-state index in [0.29, 0.717) is 10.8 Å². The van der Waals surface area contributed by atoms with Gasteiger partial charge < -0.3 is 10.1 Å². The Kier molecular flexibility index (Phi) is 5.77.